The molecule has 176 valence electrons. The molecule has 0 aliphatic rings. The fourth-order valence-corrected chi connectivity index (χ4v) is 4.07. The molecule has 1 N–H and O–H groups in total. The molecule has 0 spiro atoms. The van der Waals surface area contributed by atoms with Gasteiger partial charge >= 0.3 is 6.18 Å². The Balaban J connectivity index is 1.63. The van der Waals surface area contributed by atoms with Gasteiger partial charge in [-0.3, -0.25) is 4.40 Å². The number of aromatic nitrogens is 4. The van der Waals surface area contributed by atoms with Crippen molar-refractivity contribution in [2.75, 3.05) is 5.32 Å². The van der Waals surface area contributed by atoms with E-state index in [9.17, 15) is 13.2 Å². The smallest absolute Gasteiger partial charge is 0.348 e. The van der Waals surface area contributed by atoms with Crippen molar-refractivity contribution in [3.63, 3.8) is 0 Å². The standard InChI is InChI=1S/C27H22F3N5/c1-17-8-7-15-35-24(23(34-25(17)35)20-11-6-12-21(16-20)27(28,29)30)22-13-14-31-26(33-22)32-18(2)19-9-4-3-5-10-19/h3-16,18H,1-2H3,(H,31,32,33)/t18-/m0/s1. The number of nitrogens with one attached hydrogen (secondary N) is 1. The Kier molecular flexibility index (Phi) is 5.72. The van der Waals surface area contributed by atoms with Crippen molar-refractivity contribution in [2.24, 2.45) is 0 Å². The first kappa shape index (κ1) is 22.6. The number of hydrogen-bond acceptors (Lipinski definition) is 4. The van der Waals surface area contributed by atoms with Gasteiger partial charge in [-0.2, -0.15) is 13.2 Å². The first-order chi connectivity index (χ1) is 16.8. The number of halogens is 3. The van der Waals surface area contributed by atoms with Gasteiger partial charge in [0, 0.05) is 18.0 Å². The summed E-state index contributed by atoms with van der Waals surface area (Å²) in [7, 11) is 0. The summed E-state index contributed by atoms with van der Waals surface area (Å²) in [5, 5.41) is 3.31. The third-order valence-corrected chi connectivity index (χ3v) is 5.85. The van der Waals surface area contributed by atoms with E-state index in [1.807, 2.05) is 66.9 Å². The van der Waals surface area contributed by atoms with Gasteiger partial charge in [0.25, 0.3) is 0 Å². The molecule has 0 amide bonds. The Hall–Kier alpha value is -4.20. The number of fused-ring (bicyclic) bond motifs is 1. The third-order valence-electron chi connectivity index (χ3n) is 5.85. The molecule has 2 aromatic carbocycles. The Bertz CT molecular complexity index is 1490. The average Bonchev–Trinajstić information content (AvgIpc) is 3.25. The highest BCUT2D eigenvalue weighted by atomic mass is 19.4. The third kappa shape index (κ3) is 4.47. The van der Waals surface area contributed by atoms with E-state index in [0.717, 1.165) is 23.3 Å². The molecule has 0 aliphatic heterocycles. The van der Waals surface area contributed by atoms with Crippen molar-refractivity contribution in [3.05, 3.63) is 102 Å². The SMILES string of the molecule is Cc1cccn2c(-c3ccnc(N[C@@H](C)c4ccccc4)n3)c(-c3cccc(C(F)(F)F)c3)nc12. The molecule has 0 bridgehead atoms. The molecule has 3 heterocycles. The molecule has 5 rings (SSSR count). The van der Waals surface area contributed by atoms with E-state index in [1.165, 1.54) is 6.07 Å². The molecule has 5 nitrogen and oxygen atoms in total. The minimum Gasteiger partial charge on any atom is -0.348 e. The highest BCUT2D eigenvalue weighted by Gasteiger charge is 2.31. The van der Waals surface area contributed by atoms with Crippen molar-refractivity contribution in [2.45, 2.75) is 26.1 Å². The summed E-state index contributed by atoms with van der Waals surface area (Å²) in [6.45, 7) is 3.92. The van der Waals surface area contributed by atoms with Crippen LogP contribution in [0.4, 0.5) is 19.1 Å². The Labute approximate surface area is 200 Å². The van der Waals surface area contributed by atoms with Gasteiger partial charge < -0.3 is 5.32 Å². The highest BCUT2D eigenvalue weighted by Crippen LogP contribution is 2.36. The highest BCUT2D eigenvalue weighted by molar-refractivity contribution is 5.81. The molecule has 0 fully saturated rings. The van der Waals surface area contributed by atoms with Crippen molar-refractivity contribution in [1.82, 2.24) is 19.4 Å². The molecule has 0 saturated carbocycles. The number of hydrogen-bond donors (Lipinski definition) is 1. The van der Waals surface area contributed by atoms with Crippen LogP contribution >= 0.6 is 0 Å². The largest absolute Gasteiger partial charge is 0.416 e. The number of nitrogens with zero attached hydrogens (tertiary/aromatic N) is 4. The number of benzene rings is 2. The normalized spacial score (nSPS) is 12.6. The second kappa shape index (κ2) is 8.87. The van der Waals surface area contributed by atoms with E-state index in [0.29, 0.717) is 34.2 Å². The van der Waals surface area contributed by atoms with Gasteiger partial charge in [0.2, 0.25) is 5.95 Å². The van der Waals surface area contributed by atoms with Gasteiger partial charge in [-0.05, 0) is 49.2 Å². The number of anilines is 1. The molecule has 0 saturated heterocycles. The zero-order valence-corrected chi connectivity index (χ0v) is 19.1. The molecule has 3 aromatic heterocycles. The lowest BCUT2D eigenvalue weighted by atomic mass is 10.0. The number of alkyl halides is 3. The summed E-state index contributed by atoms with van der Waals surface area (Å²) in [6.07, 6.45) is -0.984. The summed E-state index contributed by atoms with van der Waals surface area (Å²) in [6, 6.07) is 20.6. The monoisotopic (exact) mass is 473 g/mol. The molecule has 35 heavy (non-hydrogen) atoms. The maximum atomic E-state index is 13.4. The van der Waals surface area contributed by atoms with Crippen LogP contribution in [0.25, 0.3) is 28.3 Å². The Morgan fingerprint density at radius 2 is 1.71 bits per heavy atom. The molecular formula is C27H22F3N5. The first-order valence-corrected chi connectivity index (χ1v) is 11.1. The van der Waals surface area contributed by atoms with Crippen LogP contribution in [0.2, 0.25) is 0 Å². The minimum atomic E-state index is -4.45. The van der Waals surface area contributed by atoms with Gasteiger partial charge in [0.05, 0.1) is 28.7 Å². The lowest BCUT2D eigenvalue weighted by Crippen LogP contribution is -2.09. The van der Waals surface area contributed by atoms with E-state index in [2.05, 4.69) is 10.3 Å². The van der Waals surface area contributed by atoms with Gasteiger partial charge in [-0.25, -0.2) is 15.0 Å². The van der Waals surface area contributed by atoms with Gasteiger partial charge in [-0.15, -0.1) is 0 Å². The van der Waals surface area contributed by atoms with E-state index >= 15 is 0 Å². The van der Waals surface area contributed by atoms with Gasteiger partial charge in [0.1, 0.15) is 5.65 Å². The molecule has 0 radical (unpaired) electrons. The maximum absolute atomic E-state index is 13.4. The summed E-state index contributed by atoms with van der Waals surface area (Å²) < 4.78 is 42.2. The van der Waals surface area contributed by atoms with E-state index in [-0.39, 0.29) is 6.04 Å². The van der Waals surface area contributed by atoms with Crippen molar-refractivity contribution >= 4 is 11.6 Å². The van der Waals surface area contributed by atoms with E-state index in [4.69, 9.17) is 9.97 Å². The summed E-state index contributed by atoms with van der Waals surface area (Å²) in [5.74, 6) is 0.413. The number of aryl methyl sites for hydroxylation is 1. The van der Waals surface area contributed by atoms with Crippen LogP contribution in [-0.4, -0.2) is 19.4 Å². The number of pyridine rings is 1. The number of imidazole rings is 1. The lowest BCUT2D eigenvalue weighted by molar-refractivity contribution is -0.137. The lowest BCUT2D eigenvalue weighted by Gasteiger charge is -2.15. The van der Waals surface area contributed by atoms with Crippen LogP contribution in [0.3, 0.4) is 0 Å². The Morgan fingerprint density at radius 3 is 2.49 bits per heavy atom. The Morgan fingerprint density at radius 1 is 0.914 bits per heavy atom. The fourth-order valence-electron chi connectivity index (χ4n) is 4.07. The van der Waals surface area contributed by atoms with Crippen LogP contribution in [0.5, 0.6) is 0 Å². The van der Waals surface area contributed by atoms with Crippen LogP contribution in [-0.2, 0) is 6.18 Å². The van der Waals surface area contributed by atoms with Crippen LogP contribution in [0, 0.1) is 6.92 Å². The maximum Gasteiger partial charge on any atom is 0.416 e. The predicted octanol–water partition coefficient (Wildman–Crippen LogP) is 6.96. The van der Waals surface area contributed by atoms with E-state index in [1.54, 1.807) is 18.3 Å². The topological polar surface area (TPSA) is 55.1 Å². The summed E-state index contributed by atoms with van der Waals surface area (Å²) >= 11 is 0. The van der Waals surface area contributed by atoms with Crippen molar-refractivity contribution in [3.8, 4) is 22.6 Å². The molecule has 5 aromatic rings. The minimum absolute atomic E-state index is 0.0428. The first-order valence-electron chi connectivity index (χ1n) is 11.1. The van der Waals surface area contributed by atoms with Crippen molar-refractivity contribution < 1.29 is 13.2 Å². The second-order valence-electron chi connectivity index (χ2n) is 8.31. The molecule has 0 unspecified atom stereocenters. The zero-order valence-electron chi connectivity index (χ0n) is 19.1. The second-order valence-corrected chi connectivity index (χ2v) is 8.31. The summed E-state index contributed by atoms with van der Waals surface area (Å²) in [4.78, 5) is 13.8. The molecular weight excluding hydrogens is 451 g/mol. The van der Waals surface area contributed by atoms with E-state index < -0.39 is 11.7 Å². The van der Waals surface area contributed by atoms with Gasteiger partial charge in [-0.1, -0.05) is 48.5 Å². The fraction of sp³-hybridized carbons (Fsp3) is 0.148. The van der Waals surface area contributed by atoms with Gasteiger partial charge in [0.15, 0.2) is 0 Å². The predicted molar refractivity (Wildman–Crippen MR) is 130 cm³/mol. The molecule has 0 aliphatic carbocycles. The zero-order chi connectivity index (χ0) is 24.6. The average molecular weight is 474 g/mol. The quantitative estimate of drug-likeness (QED) is 0.300. The van der Waals surface area contributed by atoms with Crippen molar-refractivity contribution in [1.29, 1.82) is 0 Å². The molecule has 1 atom stereocenters. The summed E-state index contributed by atoms with van der Waals surface area (Å²) in [5.41, 5.74) is 3.84. The number of rotatable bonds is 5. The van der Waals surface area contributed by atoms with Crippen LogP contribution in [0.15, 0.2) is 85.2 Å². The van der Waals surface area contributed by atoms with Crippen LogP contribution in [0.1, 0.15) is 29.7 Å². The molecule has 8 heteroatoms. The van der Waals surface area contributed by atoms with Crippen LogP contribution < -0.4 is 5.32 Å².